The van der Waals surface area contributed by atoms with Crippen molar-refractivity contribution in [3.05, 3.63) is 47.5 Å². The fourth-order valence-electron chi connectivity index (χ4n) is 1.95. The molecule has 0 radical (unpaired) electrons. The van der Waals surface area contributed by atoms with Gasteiger partial charge >= 0.3 is 0 Å². The van der Waals surface area contributed by atoms with Crippen LogP contribution in [0, 0.1) is 13.8 Å². The minimum Gasteiger partial charge on any atom is -0.504 e. The highest BCUT2D eigenvalue weighted by molar-refractivity contribution is 7.91. The Labute approximate surface area is 111 Å². The molecule has 0 aliphatic heterocycles. The molecule has 0 aromatic heterocycles. The Morgan fingerprint density at radius 3 is 2.26 bits per heavy atom. The molecular weight excluding hydrogens is 264 g/mol. The van der Waals surface area contributed by atoms with Gasteiger partial charge in [0.05, 0.1) is 4.90 Å². The number of aromatic hydroxyl groups is 2. The van der Waals surface area contributed by atoms with Crippen LogP contribution in [0.4, 0.5) is 0 Å². The molecule has 0 aliphatic rings. The zero-order valence-electron chi connectivity index (χ0n) is 10.6. The number of aryl methyl sites for hydroxylation is 2. The number of rotatable bonds is 2. The topological polar surface area (TPSA) is 74.6 Å². The third kappa shape index (κ3) is 2.29. The summed E-state index contributed by atoms with van der Waals surface area (Å²) in [6, 6.07) is 8.83. The number of hydrogen-bond acceptors (Lipinski definition) is 4. The highest BCUT2D eigenvalue weighted by Gasteiger charge is 2.24. The first-order valence-electron chi connectivity index (χ1n) is 5.67. The second kappa shape index (κ2) is 4.59. The molecule has 0 spiro atoms. The lowest BCUT2D eigenvalue weighted by Crippen LogP contribution is -2.04. The number of para-hydroxylation sites is 1. The molecular formula is C14H14O4S. The van der Waals surface area contributed by atoms with Gasteiger partial charge in [-0.15, -0.1) is 0 Å². The maximum Gasteiger partial charge on any atom is 0.210 e. The number of sulfone groups is 1. The number of benzene rings is 2. The average Bonchev–Trinajstić information content (AvgIpc) is 2.31. The van der Waals surface area contributed by atoms with Gasteiger partial charge in [-0.05, 0) is 37.6 Å². The normalized spacial score (nSPS) is 11.5. The van der Waals surface area contributed by atoms with Crippen molar-refractivity contribution in [2.24, 2.45) is 0 Å². The summed E-state index contributed by atoms with van der Waals surface area (Å²) in [7, 11) is -3.85. The Hall–Kier alpha value is -2.01. The van der Waals surface area contributed by atoms with E-state index >= 15 is 0 Å². The monoisotopic (exact) mass is 278 g/mol. The van der Waals surface area contributed by atoms with E-state index in [1.807, 2.05) is 6.92 Å². The predicted molar refractivity (Wildman–Crippen MR) is 71.1 cm³/mol. The van der Waals surface area contributed by atoms with Crippen molar-refractivity contribution in [1.82, 2.24) is 0 Å². The van der Waals surface area contributed by atoms with Crippen LogP contribution < -0.4 is 0 Å². The van der Waals surface area contributed by atoms with Gasteiger partial charge in [0.15, 0.2) is 11.5 Å². The Morgan fingerprint density at radius 2 is 1.63 bits per heavy atom. The summed E-state index contributed by atoms with van der Waals surface area (Å²) in [6.45, 7) is 3.56. The standard InChI is InChI=1S/C14H14O4S/c1-9-6-7-12(10(2)8-9)19(17,18)13-5-3-4-11(15)14(13)16/h3-8,15-16H,1-2H3. The molecule has 19 heavy (non-hydrogen) atoms. The first-order valence-corrected chi connectivity index (χ1v) is 7.15. The van der Waals surface area contributed by atoms with E-state index in [0.29, 0.717) is 5.56 Å². The highest BCUT2D eigenvalue weighted by atomic mass is 32.2. The quantitative estimate of drug-likeness (QED) is 0.828. The van der Waals surface area contributed by atoms with Crippen molar-refractivity contribution in [2.75, 3.05) is 0 Å². The molecule has 0 fully saturated rings. The van der Waals surface area contributed by atoms with E-state index in [2.05, 4.69) is 0 Å². The smallest absolute Gasteiger partial charge is 0.210 e. The van der Waals surface area contributed by atoms with Gasteiger partial charge in [0, 0.05) is 0 Å². The zero-order valence-corrected chi connectivity index (χ0v) is 11.4. The van der Waals surface area contributed by atoms with Gasteiger partial charge in [0.2, 0.25) is 9.84 Å². The van der Waals surface area contributed by atoms with Gasteiger partial charge in [0.25, 0.3) is 0 Å². The van der Waals surface area contributed by atoms with Crippen molar-refractivity contribution in [3.8, 4) is 11.5 Å². The van der Waals surface area contributed by atoms with Crippen molar-refractivity contribution >= 4 is 9.84 Å². The maximum absolute atomic E-state index is 12.5. The van der Waals surface area contributed by atoms with Crippen LogP contribution in [0.2, 0.25) is 0 Å². The van der Waals surface area contributed by atoms with Crippen LogP contribution in [0.15, 0.2) is 46.2 Å². The van der Waals surface area contributed by atoms with Crippen LogP contribution in [-0.4, -0.2) is 18.6 Å². The number of phenols is 2. The summed E-state index contributed by atoms with van der Waals surface area (Å²) in [4.78, 5) is -0.168. The highest BCUT2D eigenvalue weighted by Crippen LogP contribution is 2.35. The van der Waals surface area contributed by atoms with E-state index in [4.69, 9.17) is 0 Å². The SMILES string of the molecule is Cc1ccc(S(=O)(=O)c2cccc(O)c2O)c(C)c1. The largest absolute Gasteiger partial charge is 0.504 e. The van der Waals surface area contributed by atoms with E-state index in [1.54, 1.807) is 19.1 Å². The second-order valence-electron chi connectivity index (χ2n) is 4.40. The Morgan fingerprint density at radius 1 is 0.947 bits per heavy atom. The molecule has 100 valence electrons. The summed E-state index contributed by atoms with van der Waals surface area (Å²) in [5.41, 5.74) is 1.55. The molecule has 0 bridgehead atoms. The van der Waals surface area contributed by atoms with Crippen molar-refractivity contribution in [2.45, 2.75) is 23.6 Å². The number of phenolic OH excluding ortho intramolecular Hbond substituents is 2. The van der Waals surface area contributed by atoms with E-state index in [1.165, 1.54) is 24.3 Å². The minimum atomic E-state index is -3.85. The lowest BCUT2D eigenvalue weighted by molar-refractivity contribution is 0.393. The molecule has 2 N–H and O–H groups in total. The van der Waals surface area contributed by atoms with Gasteiger partial charge in [0.1, 0.15) is 4.90 Å². The fraction of sp³-hybridized carbons (Fsp3) is 0.143. The molecule has 0 amide bonds. The molecule has 0 heterocycles. The Kier molecular flexibility index (Phi) is 3.24. The third-order valence-electron chi connectivity index (χ3n) is 2.89. The van der Waals surface area contributed by atoms with Crippen LogP contribution in [0.3, 0.4) is 0 Å². The van der Waals surface area contributed by atoms with Crippen LogP contribution >= 0.6 is 0 Å². The minimum absolute atomic E-state index is 0.124. The molecule has 5 heteroatoms. The van der Waals surface area contributed by atoms with Gasteiger partial charge < -0.3 is 10.2 Å². The molecule has 0 saturated carbocycles. The summed E-state index contributed by atoms with van der Waals surface area (Å²) in [6.07, 6.45) is 0. The zero-order chi connectivity index (χ0) is 14.2. The van der Waals surface area contributed by atoms with Crippen molar-refractivity contribution < 1.29 is 18.6 Å². The molecule has 2 aromatic carbocycles. The molecule has 0 aliphatic carbocycles. The van der Waals surface area contributed by atoms with E-state index < -0.39 is 21.3 Å². The van der Waals surface area contributed by atoms with E-state index in [-0.39, 0.29) is 9.79 Å². The summed E-state index contributed by atoms with van der Waals surface area (Å²) < 4.78 is 24.9. The van der Waals surface area contributed by atoms with Crippen LogP contribution in [0.5, 0.6) is 11.5 Å². The lowest BCUT2D eigenvalue weighted by Gasteiger charge is -2.10. The van der Waals surface area contributed by atoms with E-state index in [9.17, 15) is 18.6 Å². The van der Waals surface area contributed by atoms with Crippen LogP contribution in [0.1, 0.15) is 11.1 Å². The van der Waals surface area contributed by atoms with Gasteiger partial charge in [-0.1, -0.05) is 23.8 Å². The molecule has 0 atom stereocenters. The van der Waals surface area contributed by atoms with Gasteiger partial charge in [-0.25, -0.2) is 8.42 Å². The van der Waals surface area contributed by atoms with Gasteiger partial charge in [-0.2, -0.15) is 0 Å². The maximum atomic E-state index is 12.5. The summed E-state index contributed by atoms with van der Waals surface area (Å²) >= 11 is 0. The first-order chi connectivity index (χ1) is 8.84. The van der Waals surface area contributed by atoms with Crippen molar-refractivity contribution in [1.29, 1.82) is 0 Å². The molecule has 0 saturated heterocycles. The molecule has 4 nitrogen and oxygen atoms in total. The second-order valence-corrected chi connectivity index (χ2v) is 6.28. The summed E-state index contributed by atoms with van der Waals surface area (Å²) in [5.74, 6) is -1.08. The number of hydrogen-bond donors (Lipinski definition) is 2. The molecule has 2 rings (SSSR count). The molecule has 0 unspecified atom stereocenters. The van der Waals surface area contributed by atoms with Crippen LogP contribution in [0.25, 0.3) is 0 Å². The average molecular weight is 278 g/mol. The van der Waals surface area contributed by atoms with Gasteiger partial charge in [-0.3, -0.25) is 0 Å². The predicted octanol–water partition coefficient (Wildman–Crippen LogP) is 2.55. The Balaban J connectivity index is 2.69. The van der Waals surface area contributed by atoms with Crippen LogP contribution in [-0.2, 0) is 9.84 Å². The lowest BCUT2D eigenvalue weighted by atomic mass is 10.2. The van der Waals surface area contributed by atoms with Crippen molar-refractivity contribution in [3.63, 3.8) is 0 Å². The first kappa shape index (κ1) is 13.4. The third-order valence-corrected chi connectivity index (χ3v) is 4.83. The molecule has 2 aromatic rings. The fourth-order valence-corrected chi connectivity index (χ4v) is 3.53. The summed E-state index contributed by atoms with van der Waals surface area (Å²) in [5, 5.41) is 19.1. The Bertz CT molecular complexity index is 733. The van der Waals surface area contributed by atoms with E-state index in [0.717, 1.165) is 5.56 Å².